The van der Waals surface area contributed by atoms with Crippen molar-refractivity contribution in [2.24, 2.45) is 5.41 Å². The van der Waals surface area contributed by atoms with Crippen molar-refractivity contribution >= 4 is 11.8 Å². The van der Waals surface area contributed by atoms with E-state index in [1.54, 1.807) is 7.11 Å². The standard InChI is InChI=1S/C20H29N3O4/c1-26-12-4-9-23-14-20(13-17(23)24)7-10-22(11-8-20)19(25)18-15-5-2-3-6-16(15)21-27-18/h2-14H2,1H3. The molecule has 0 radical (unpaired) electrons. The Hall–Kier alpha value is -1.89. The second kappa shape index (κ2) is 7.62. The van der Waals surface area contributed by atoms with Crippen molar-refractivity contribution in [2.75, 3.05) is 39.9 Å². The Balaban J connectivity index is 1.36. The lowest BCUT2D eigenvalue weighted by molar-refractivity contribution is -0.128. The third kappa shape index (κ3) is 3.61. The molecule has 1 aromatic rings. The van der Waals surface area contributed by atoms with Gasteiger partial charge in [-0.2, -0.15) is 0 Å². The van der Waals surface area contributed by atoms with Gasteiger partial charge in [-0.15, -0.1) is 0 Å². The summed E-state index contributed by atoms with van der Waals surface area (Å²) in [6.07, 6.45) is 7.26. The lowest BCUT2D eigenvalue weighted by Gasteiger charge is -2.38. The molecular weight excluding hydrogens is 346 g/mol. The smallest absolute Gasteiger partial charge is 0.292 e. The molecule has 3 heterocycles. The lowest BCUT2D eigenvalue weighted by atomic mass is 9.77. The molecule has 148 valence electrons. The van der Waals surface area contributed by atoms with Gasteiger partial charge in [0.2, 0.25) is 11.7 Å². The van der Waals surface area contributed by atoms with Crippen LogP contribution < -0.4 is 0 Å². The van der Waals surface area contributed by atoms with Gasteiger partial charge in [0.15, 0.2) is 0 Å². The van der Waals surface area contributed by atoms with Gasteiger partial charge < -0.3 is 19.1 Å². The van der Waals surface area contributed by atoms with E-state index in [0.29, 0.717) is 31.9 Å². The summed E-state index contributed by atoms with van der Waals surface area (Å²) in [6, 6.07) is 0. The van der Waals surface area contributed by atoms with Crippen LogP contribution >= 0.6 is 0 Å². The molecule has 2 saturated heterocycles. The SMILES string of the molecule is COCCCN1CC2(CCN(C(=O)c3onc4c3CCCC4)CC2)CC1=O. The van der Waals surface area contributed by atoms with Crippen LogP contribution in [0.1, 0.15) is 60.3 Å². The molecule has 2 fully saturated rings. The van der Waals surface area contributed by atoms with E-state index in [2.05, 4.69) is 5.16 Å². The van der Waals surface area contributed by atoms with E-state index in [9.17, 15) is 9.59 Å². The largest absolute Gasteiger partial charge is 0.385 e. The number of hydrogen-bond donors (Lipinski definition) is 0. The summed E-state index contributed by atoms with van der Waals surface area (Å²) in [7, 11) is 1.69. The van der Waals surface area contributed by atoms with Crippen molar-refractivity contribution in [3.8, 4) is 0 Å². The van der Waals surface area contributed by atoms with Gasteiger partial charge in [-0.3, -0.25) is 9.59 Å². The monoisotopic (exact) mass is 375 g/mol. The highest BCUT2D eigenvalue weighted by Crippen LogP contribution is 2.41. The van der Waals surface area contributed by atoms with Crippen molar-refractivity contribution in [3.05, 3.63) is 17.0 Å². The number of carbonyl (C=O) groups is 2. The van der Waals surface area contributed by atoms with E-state index in [0.717, 1.165) is 69.3 Å². The number of fused-ring (bicyclic) bond motifs is 1. The second-order valence-corrected chi connectivity index (χ2v) is 8.27. The van der Waals surface area contributed by atoms with Crippen LogP contribution in [0.5, 0.6) is 0 Å². The highest BCUT2D eigenvalue weighted by Gasteiger charge is 2.45. The van der Waals surface area contributed by atoms with Crippen molar-refractivity contribution < 1.29 is 18.8 Å². The molecule has 0 N–H and O–H groups in total. The normalized spacial score (nSPS) is 21.7. The second-order valence-electron chi connectivity index (χ2n) is 8.27. The summed E-state index contributed by atoms with van der Waals surface area (Å²) in [5, 5.41) is 4.11. The number of piperidine rings is 1. The van der Waals surface area contributed by atoms with Gasteiger partial charge >= 0.3 is 0 Å². The first-order valence-electron chi connectivity index (χ1n) is 10.2. The Morgan fingerprint density at radius 3 is 2.81 bits per heavy atom. The molecule has 0 unspecified atom stereocenters. The van der Waals surface area contributed by atoms with Gasteiger partial charge in [0.25, 0.3) is 5.91 Å². The minimum Gasteiger partial charge on any atom is -0.385 e. The van der Waals surface area contributed by atoms with Crippen molar-refractivity contribution in [1.82, 2.24) is 15.0 Å². The third-order valence-electron chi connectivity index (χ3n) is 6.45. The number of carbonyl (C=O) groups excluding carboxylic acids is 2. The van der Waals surface area contributed by atoms with Gasteiger partial charge in [-0.25, -0.2) is 0 Å². The lowest BCUT2D eigenvalue weighted by Crippen LogP contribution is -2.44. The van der Waals surface area contributed by atoms with Crippen LogP contribution in [0, 0.1) is 5.41 Å². The maximum Gasteiger partial charge on any atom is 0.292 e. The van der Waals surface area contributed by atoms with E-state index in [4.69, 9.17) is 9.26 Å². The van der Waals surface area contributed by atoms with Crippen LogP contribution in [0.4, 0.5) is 0 Å². The van der Waals surface area contributed by atoms with Crippen LogP contribution in [0.25, 0.3) is 0 Å². The van der Waals surface area contributed by atoms with E-state index in [-0.39, 0.29) is 17.2 Å². The Bertz CT molecular complexity index is 706. The molecule has 0 bridgehead atoms. The predicted molar refractivity (Wildman–Crippen MR) is 98.4 cm³/mol. The Morgan fingerprint density at radius 2 is 2.04 bits per heavy atom. The average molecular weight is 375 g/mol. The van der Waals surface area contributed by atoms with Crippen LogP contribution in [0.3, 0.4) is 0 Å². The van der Waals surface area contributed by atoms with Crippen molar-refractivity contribution in [3.63, 3.8) is 0 Å². The predicted octanol–water partition coefficient (Wildman–Crippen LogP) is 2.04. The van der Waals surface area contributed by atoms with Gasteiger partial charge in [0.05, 0.1) is 5.69 Å². The molecule has 4 rings (SSSR count). The van der Waals surface area contributed by atoms with Crippen molar-refractivity contribution in [1.29, 1.82) is 0 Å². The molecule has 7 heteroatoms. The van der Waals surface area contributed by atoms with Crippen LogP contribution in [0.15, 0.2) is 4.52 Å². The van der Waals surface area contributed by atoms with Crippen LogP contribution in [-0.4, -0.2) is 66.7 Å². The number of methoxy groups -OCH3 is 1. The van der Waals surface area contributed by atoms with Crippen LogP contribution in [-0.2, 0) is 22.4 Å². The number of hydrogen-bond acceptors (Lipinski definition) is 5. The number of rotatable bonds is 5. The maximum atomic E-state index is 12.9. The van der Waals surface area contributed by atoms with E-state index in [1.807, 2.05) is 9.80 Å². The van der Waals surface area contributed by atoms with Gasteiger partial charge in [0, 0.05) is 57.3 Å². The minimum absolute atomic E-state index is 0.0261. The van der Waals surface area contributed by atoms with E-state index >= 15 is 0 Å². The number of nitrogens with zero attached hydrogens (tertiary/aromatic N) is 3. The summed E-state index contributed by atoms with van der Waals surface area (Å²) in [4.78, 5) is 29.2. The molecule has 1 aliphatic carbocycles. The Morgan fingerprint density at radius 1 is 1.26 bits per heavy atom. The Labute approximate surface area is 160 Å². The summed E-state index contributed by atoms with van der Waals surface area (Å²) in [5.41, 5.74) is 2.01. The minimum atomic E-state index is -0.0261. The molecule has 2 amide bonds. The number of aromatic nitrogens is 1. The van der Waals surface area contributed by atoms with Gasteiger partial charge in [-0.1, -0.05) is 5.16 Å². The van der Waals surface area contributed by atoms with Gasteiger partial charge in [0.1, 0.15) is 0 Å². The number of amides is 2. The first-order valence-corrected chi connectivity index (χ1v) is 10.2. The quantitative estimate of drug-likeness (QED) is 0.736. The summed E-state index contributed by atoms with van der Waals surface area (Å²) >= 11 is 0. The molecule has 3 aliphatic rings. The molecule has 0 aromatic carbocycles. The zero-order valence-electron chi connectivity index (χ0n) is 16.2. The molecule has 0 saturated carbocycles. The van der Waals surface area contributed by atoms with E-state index < -0.39 is 0 Å². The summed E-state index contributed by atoms with van der Waals surface area (Å²) in [5.74, 6) is 0.668. The number of ether oxygens (including phenoxy) is 1. The summed E-state index contributed by atoms with van der Waals surface area (Å²) < 4.78 is 10.5. The average Bonchev–Trinajstić information content (AvgIpc) is 3.24. The molecule has 1 spiro atoms. The van der Waals surface area contributed by atoms with Crippen molar-refractivity contribution in [2.45, 2.75) is 51.4 Å². The molecule has 0 atom stereocenters. The summed E-state index contributed by atoms with van der Waals surface area (Å²) in [6.45, 7) is 3.64. The van der Waals surface area contributed by atoms with Gasteiger partial charge in [-0.05, 0) is 44.9 Å². The van der Waals surface area contributed by atoms with Crippen LogP contribution in [0.2, 0.25) is 0 Å². The fourth-order valence-electron chi connectivity index (χ4n) is 4.81. The number of aryl methyl sites for hydroxylation is 1. The third-order valence-corrected chi connectivity index (χ3v) is 6.45. The zero-order valence-corrected chi connectivity index (χ0v) is 16.2. The zero-order chi connectivity index (χ0) is 18.9. The topological polar surface area (TPSA) is 75.9 Å². The first kappa shape index (κ1) is 18.5. The molecule has 1 aromatic heterocycles. The highest BCUT2D eigenvalue weighted by atomic mass is 16.5. The fraction of sp³-hybridized carbons (Fsp3) is 0.750. The Kier molecular flexibility index (Phi) is 5.21. The first-order chi connectivity index (χ1) is 13.1. The maximum absolute atomic E-state index is 12.9. The fourth-order valence-corrected chi connectivity index (χ4v) is 4.81. The molecule has 2 aliphatic heterocycles. The number of likely N-dealkylation sites (tertiary alicyclic amines) is 2. The highest BCUT2D eigenvalue weighted by molar-refractivity contribution is 5.93. The molecule has 7 nitrogen and oxygen atoms in total. The molecular formula is C20H29N3O4. The molecule has 27 heavy (non-hydrogen) atoms. The van der Waals surface area contributed by atoms with E-state index in [1.165, 1.54) is 0 Å².